The minimum atomic E-state index is -1.55. The monoisotopic (exact) mass is 758 g/mol. The molecule has 1 aliphatic heterocycles. The van der Waals surface area contributed by atoms with E-state index in [1.165, 1.54) is 154 Å². The summed E-state index contributed by atoms with van der Waals surface area (Å²) in [6, 6.07) is -0.710. The lowest BCUT2D eigenvalue weighted by Crippen LogP contribution is -2.60. The van der Waals surface area contributed by atoms with Crippen molar-refractivity contribution in [2.75, 3.05) is 13.2 Å². The Balaban J connectivity index is 2.31. The van der Waals surface area contributed by atoms with Crippen LogP contribution in [0, 0.1) is 0 Å². The number of unbranched alkanes of at least 4 members (excludes halogenated alkanes) is 28. The lowest BCUT2D eigenvalue weighted by molar-refractivity contribution is -0.302. The highest BCUT2D eigenvalue weighted by Gasteiger charge is 2.44. The average Bonchev–Trinajstić information content (AvgIpc) is 3.16. The van der Waals surface area contributed by atoms with Gasteiger partial charge in [0.1, 0.15) is 24.4 Å². The number of carbonyl (C=O) groups is 1. The Morgan fingerprint density at radius 3 is 1.34 bits per heavy atom. The van der Waals surface area contributed by atoms with Gasteiger partial charge >= 0.3 is 0 Å². The molecule has 1 amide bonds. The summed E-state index contributed by atoms with van der Waals surface area (Å²) in [5.74, 6) is -0.141. The van der Waals surface area contributed by atoms with E-state index in [-0.39, 0.29) is 12.5 Å². The van der Waals surface area contributed by atoms with Gasteiger partial charge < -0.3 is 40.3 Å². The maximum Gasteiger partial charge on any atom is 0.220 e. The molecule has 6 N–H and O–H groups in total. The number of nitrogens with one attached hydrogen (secondary N) is 1. The van der Waals surface area contributed by atoms with Crippen LogP contribution in [0.4, 0.5) is 0 Å². The molecule has 0 aromatic rings. The molecule has 0 saturated carbocycles. The van der Waals surface area contributed by atoms with E-state index in [1.807, 2.05) is 0 Å². The molecule has 0 unspecified atom stereocenters. The summed E-state index contributed by atoms with van der Waals surface area (Å²) in [5.41, 5.74) is 0. The highest BCUT2D eigenvalue weighted by Crippen LogP contribution is 2.23. The zero-order chi connectivity index (χ0) is 38.8. The van der Waals surface area contributed by atoms with E-state index >= 15 is 0 Å². The zero-order valence-electron chi connectivity index (χ0n) is 34.5. The normalized spacial score (nSPS) is 21.5. The fraction of sp³-hybridized carbons (Fsp3) is 0.977. The molecule has 9 nitrogen and oxygen atoms in total. The maximum absolute atomic E-state index is 13.0. The minimum Gasteiger partial charge on any atom is -0.394 e. The van der Waals surface area contributed by atoms with E-state index in [2.05, 4.69) is 19.2 Å². The molecule has 53 heavy (non-hydrogen) atoms. The van der Waals surface area contributed by atoms with Crippen LogP contribution < -0.4 is 5.32 Å². The number of hydrogen-bond donors (Lipinski definition) is 6. The number of rotatable bonds is 38. The zero-order valence-corrected chi connectivity index (χ0v) is 34.5. The van der Waals surface area contributed by atoms with E-state index < -0.39 is 49.5 Å². The van der Waals surface area contributed by atoms with Crippen molar-refractivity contribution in [3.63, 3.8) is 0 Å². The van der Waals surface area contributed by atoms with Crippen molar-refractivity contribution in [2.45, 2.75) is 262 Å². The first-order chi connectivity index (χ1) is 25.8. The van der Waals surface area contributed by atoms with E-state index in [0.29, 0.717) is 12.8 Å². The quantitative estimate of drug-likeness (QED) is 0.0342. The fourth-order valence-electron chi connectivity index (χ4n) is 7.51. The van der Waals surface area contributed by atoms with Gasteiger partial charge in [0, 0.05) is 6.42 Å². The first-order valence-corrected chi connectivity index (χ1v) is 22.7. The molecule has 1 fully saturated rings. The van der Waals surface area contributed by atoms with E-state index in [0.717, 1.165) is 38.5 Å². The van der Waals surface area contributed by atoms with Gasteiger partial charge in [-0.15, -0.1) is 0 Å². The molecule has 0 radical (unpaired) electrons. The number of carbonyl (C=O) groups excluding carboxylic acids is 1. The number of amides is 1. The van der Waals surface area contributed by atoms with Gasteiger partial charge in [-0.3, -0.25) is 4.79 Å². The van der Waals surface area contributed by atoms with Crippen LogP contribution in [0.15, 0.2) is 0 Å². The summed E-state index contributed by atoms with van der Waals surface area (Å²) in [7, 11) is 0. The third kappa shape index (κ3) is 26.6. The summed E-state index contributed by atoms with van der Waals surface area (Å²) in [6.07, 6.45) is 31.0. The van der Waals surface area contributed by atoms with Crippen molar-refractivity contribution in [1.29, 1.82) is 0 Å². The predicted octanol–water partition coefficient (Wildman–Crippen LogP) is 9.17. The molecule has 7 atom stereocenters. The smallest absolute Gasteiger partial charge is 0.220 e. The Morgan fingerprint density at radius 1 is 0.566 bits per heavy atom. The molecule has 0 aliphatic carbocycles. The Kier molecular flexibility index (Phi) is 33.7. The highest BCUT2D eigenvalue weighted by atomic mass is 16.7. The summed E-state index contributed by atoms with van der Waals surface area (Å²) in [4.78, 5) is 13.0. The fourth-order valence-corrected chi connectivity index (χ4v) is 7.51. The molecule has 0 spiro atoms. The Morgan fingerprint density at radius 2 is 0.943 bits per heavy atom. The van der Waals surface area contributed by atoms with Crippen molar-refractivity contribution in [3.05, 3.63) is 0 Å². The third-order valence-corrected chi connectivity index (χ3v) is 11.2. The van der Waals surface area contributed by atoms with Gasteiger partial charge in [-0.1, -0.05) is 200 Å². The summed E-state index contributed by atoms with van der Waals surface area (Å²) in [6.45, 7) is 3.84. The molecule has 9 heteroatoms. The largest absolute Gasteiger partial charge is 0.394 e. The maximum atomic E-state index is 13.0. The molecule has 1 rings (SSSR count). The standard InChI is InChI=1S/C44H87NO8/c1-3-5-7-9-11-13-15-17-18-19-20-22-24-26-28-30-32-34-40(48)45-37(36-52-44-43(51)42(50)41(49)39(35-46)53-44)38(47)33-31-29-27-25-23-21-16-14-12-10-8-6-4-2/h37-39,41-44,46-47,49-51H,3-36H2,1-2H3,(H,45,48)/t37-,38+,39+,41-,42-,43+,44-/m0/s1. The highest BCUT2D eigenvalue weighted by molar-refractivity contribution is 5.76. The summed E-state index contributed by atoms with van der Waals surface area (Å²) >= 11 is 0. The van der Waals surface area contributed by atoms with Crippen LogP contribution in [0.2, 0.25) is 0 Å². The Bertz CT molecular complexity index is 801. The van der Waals surface area contributed by atoms with Crippen molar-refractivity contribution in [3.8, 4) is 0 Å². The number of ether oxygens (including phenoxy) is 2. The van der Waals surface area contributed by atoms with Gasteiger partial charge in [-0.05, 0) is 12.8 Å². The summed E-state index contributed by atoms with van der Waals surface area (Å²) < 4.78 is 11.2. The van der Waals surface area contributed by atoms with Crippen molar-refractivity contribution < 1.29 is 39.8 Å². The first kappa shape index (κ1) is 50.2. The van der Waals surface area contributed by atoms with Crippen molar-refractivity contribution >= 4 is 5.91 Å². The lowest BCUT2D eigenvalue weighted by atomic mass is 9.99. The molecule has 316 valence electrons. The van der Waals surface area contributed by atoms with Crippen LogP contribution in [0.25, 0.3) is 0 Å². The van der Waals surface area contributed by atoms with Gasteiger partial charge in [0.25, 0.3) is 0 Å². The topological polar surface area (TPSA) is 149 Å². The molecular weight excluding hydrogens is 670 g/mol. The average molecular weight is 758 g/mol. The molecule has 0 aromatic heterocycles. The number of aliphatic hydroxyl groups is 5. The number of aliphatic hydroxyl groups excluding tert-OH is 5. The first-order valence-electron chi connectivity index (χ1n) is 22.7. The van der Waals surface area contributed by atoms with Gasteiger partial charge in [0.05, 0.1) is 25.4 Å². The van der Waals surface area contributed by atoms with Crippen LogP contribution >= 0.6 is 0 Å². The van der Waals surface area contributed by atoms with Crippen LogP contribution in [0.5, 0.6) is 0 Å². The van der Waals surface area contributed by atoms with Crippen molar-refractivity contribution in [1.82, 2.24) is 5.32 Å². The molecule has 1 saturated heterocycles. The predicted molar refractivity (Wildman–Crippen MR) is 217 cm³/mol. The Hall–Kier alpha value is -0.810. The van der Waals surface area contributed by atoms with E-state index in [9.17, 15) is 30.3 Å². The van der Waals surface area contributed by atoms with Crippen molar-refractivity contribution in [2.24, 2.45) is 0 Å². The molecule has 1 heterocycles. The summed E-state index contributed by atoms with van der Waals surface area (Å²) in [5, 5.41) is 54.3. The van der Waals surface area contributed by atoms with Crippen LogP contribution in [-0.2, 0) is 14.3 Å². The van der Waals surface area contributed by atoms with E-state index in [1.54, 1.807) is 0 Å². The van der Waals surface area contributed by atoms with Crippen LogP contribution in [0.1, 0.15) is 219 Å². The molecule has 0 aromatic carbocycles. The van der Waals surface area contributed by atoms with E-state index in [4.69, 9.17) is 9.47 Å². The van der Waals surface area contributed by atoms with Crippen LogP contribution in [-0.4, -0.2) is 87.5 Å². The second kappa shape index (κ2) is 35.6. The SMILES string of the molecule is CCCCCCCCCCCCCCCCCCCC(=O)N[C@@H](CO[C@H]1O[C@H](CO)[C@H](O)[C@H](O)[C@H]1O)[C@H](O)CCCCCCCCCCCCCCC. The second-order valence-corrected chi connectivity index (χ2v) is 16.2. The molecule has 1 aliphatic rings. The minimum absolute atomic E-state index is 0.132. The van der Waals surface area contributed by atoms with Gasteiger partial charge in [-0.2, -0.15) is 0 Å². The third-order valence-electron chi connectivity index (χ3n) is 11.2. The second-order valence-electron chi connectivity index (χ2n) is 16.2. The molecular formula is C44H87NO8. The van der Waals surface area contributed by atoms with Gasteiger partial charge in [0.2, 0.25) is 5.91 Å². The van der Waals surface area contributed by atoms with Gasteiger partial charge in [-0.25, -0.2) is 0 Å². The molecule has 0 bridgehead atoms. The van der Waals surface area contributed by atoms with Crippen LogP contribution in [0.3, 0.4) is 0 Å². The Labute approximate surface area is 325 Å². The lowest BCUT2D eigenvalue weighted by Gasteiger charge is -2.40. The number of hydrogen-bond acceptors (Lipinski definition) is 8. The van der Waals surface area contributed by atoms with Gasteiger partial charge in [0.15, 0.2) is 6.29 Å².